The van der Waals surface area contributed by atoms with Crippen LogP contribution in [-0.4, -0.2) is 63.0 Å². The van der Waals surface area contributed by atoms with E-state index in [2.05, 4.69) is 41.1 Å². The summed E-state index contributed by atoms with van der Waals surface area (Å²) in [7, 11) is 6.20. The van der Waals surface area contributed by atoms with Crippen LogP contribution in [0.3, 0.4) is 0 Å². The molecule has 0 aliphatic carbocycles. The Morgan fingerprint density at radius 3 is 2.61 bits per heavy atom. The van der Waals surface area contributed by atoms with Gasteiger partial charge in [0.1, 0.15) is 0 Å². The molecular formula is C24H33N3O. The van der Waals surface area contributed by atoms with E-state index in [1.807, 2.05) is 49.3 Å². The summed E-state index contributed by atoms with van der Waals surface area (Å²) in [5, 5.41) is 0. The number of likely N-dealkylation sites (tertiary alicyclic amines) is 1. The molecule has 2 aromatic rings. The third kappa shape index (κ3) is 5.59. The Labute approximate surface area is 169 Å². The first-order valence-corrected chi connectivity index (χ1v) is 10.3. The largest absolute Gasteiger partial charge is 0.378 e. The molecule has 28 heavy (non-hydrogen) atoms. The zero-order valence-corrected chi connectivity index (χ0v) is 17.5. The number of nitrogens with zero attached hydrogens (tertiary/aromatic N) is 3. The van der Waals surface area contributed by atoms with Crippen molar-refractivity contribution in [2.45, 2.75) is 19.3 Å². The van der Waals surface area contributed by atoms with Gasteiger partial charge in [-0.15, -0.1) is 0 Å². The van der Waals surface area contributed by atoms with Crippen molar-refractivity contribution in [2.75, 3.05) is 52.2 Å². The zero-order chi connectivity index (χ0) is 19.9. The second kappa shape index (κ2) is 9.74. The summed E-state index contributed by atoms with van der Waals surface area (Å²) in [5.74, 6) is 0.698. The molecule has 2 aromatic carbocycles. The Hall–Kier alpha value is -2.33. The molecular weight excluding hydrogens is 346 g/mol. The third-order valence-electron chi connectivity index (χ3n) is 5.61. The predicted octanol–water partition coefficient (Wildman–Crippen LogP) is 3.78. The molecule has 4 nitrogen and oxygen atoms in total. The molecule has 1 atom stereocenters. The van der Waals surface area contributed by atoms with Crippen LogP contribution < -0.4 is 4.90 Å². The number of amides is 1. The van der Waals surface area contributed by atoms with Gasteiger partial charge < -0.3 is 14.7 Å². The summed E-state index contributed by atoms with van der Waals surface area (Å²) in [6.07, 6.45) is 3.32. The van der Waals surface area contributed by atoms with E-state index < -0.39 is 0 Å². The highest BCUT2D eigenvalue weighted by atomic mass is 16.2. The standard InChI is InChI=1S/C24H33N3O/c1-25(2)23-13-7-12-22(17-23)24(28)27(16-14-20-9-5-4-6-10-20)19-21-11-8-15-26(3)18-21/h4-7,9-10,12-13,17,21H,8,11,14-16,18-19H2,1-3H3/t21-/m0/s1. The van der Waals surface area contributed by atoms with Crippen LogP contribution in [0, 0.1) is 5.92 Å². The number of hydrogen-bond acceptors (Lipinski definition) is 3. The predicted molar refractivity (Wildman–Crippen MR) is 117 cm³/mol. The molecule has 0 radical (unpaired) electrons. The van der Waals surface area contributed by atoms with Gasteiger partial charge in [0, 0.05) is 45.0 Å². The van der Waals surface area contributed by atoms with Crippen LogP contribution in [-0.2, 0) is 6.42 Å². The SMILES string of the molecule is CN1CCC[C@H](CN(CCc2ccccc2)C(=O)c2cccc(N(C)C)c2)C1. The van der Waals surface area contributed by atoms with E-state index in [9.17, 15) is 4.79 Å². The summed E-state index contributed by atoms with van der Waals surface area (Å²) in [6.45, 7) is 3.84. The van der Waals surface area contributed by atoms with Crippen LogP contribution in [0.4, 0.5) is 5.69 Å². The molecule has 1 heterocycles. The molecule has 4 heteroatoms. The van der Waals surface area contributed by atoms with Crippen molar-refractivity contribution in [3.05, 3.63) is 65.7 Å². The second-order valence-electron chi connectivity index (χ2n) is 8.20. The van der Waals surface area contributed by atoms with Crippen LogP contribution in [0.1, 0.15) is 28.8 Å². The minimum Gasteiger partial charge on any atom is -0.378 e. The second-order valence-corrected chi connectivity index (χ2v) is 8.20. The highest BCUT2D eigenvalue weighted by molar-refractivity contribution is 5.95. The number of hydrogen-bond donors (Lipinski definition) is 0. The molecule has 150 valence electrons. The van der Waals surface area contributed by atoms with Gasteiger partial charge >= 0.3 is 0 Å². The maximum Gasteiger partial charge on any atom is 0.253 e. The first-order valence-electron chi connectivity index (χ1n) is 10.3. The van der Waals surface area contributed by atoms with Gasteiger partial charge in [-0.3, -0.25) is 4.79 Å². The van der Waals surface area contributed by atoms with E-state index in [1.54, 1.807) is 0 Å². The van der Waals surface area contributed by atoms with Crippen molar-refractivity contribution in [1.82, 2.24) is 9.80 Å². The molecule has 1 amide bonds. The molecule has 3 rings (SSSR count). The molecule has 1 fully saturated rings. The summed E-state index contributed by atoms with van der Waals surface area (Å²) in [4.78, 5) is 19.9. The van der Waals surface area contributed by atoms with Crippen molar-refractivity contribution in [3.8, 4) is 0 Å². The number of benzene rings is 2. The van der Waals surface area contributed by atoms with Gasteiger partial charge in [-0.1, -0.05) is 36.4 Å². The van der Waals surface area contributed by atoms with E-state index in [4.69, 9.17) is 0 Å². The normalized spacial score (nSPS) is 17.3. The summed E-state index contributed by atoms with van der Waals surface area (Å²) < 4.78 is 0. The highest BCUT2D eigenvalue weighted by Crippen LogP contribution is 2.20. The smallest absolute Gasteiger partial charge is 0.253 e. The van der Waals surface area contributed by atoms with Gasteiger partial charge in [-0.05, 0) is 62.5 Å². The molecule has 0 unspecified atom stereocenters. The number of carbonyl (C=O) groups excluding carboxylic acids is 1. The average molecular weight is 380 g/mol. The number of carbonyl (C=O) groups is 1. The quantitative estimate of drug-likeness (QED) is 0.732. The molecule has 0 bridgehead atoms. The van der Waals surface area contributed by atoms with Crippen LogP contribution >= 0.6 is 0 Å². The first-order chi connectivity index (χ1) is 13.5. The molecule has 0 N–H and O–H groups in total. The topological polar surface area (TPSA) is 26.8 Å². The Kier molecular flexibility index (Phi) is 7.10. The Morgan fingerprint density at radius 2 is 1.89 bits per heavy atom. The van der Waals surface area contributed by atoms with Gasteiger partial charge in [-0.25, -0.2) is 0 Å². The fourth-order valence-corrected chi connectivity index (χ4v) is 4.02. The molecule has 1 saturated heterocycles. The van der Waals surface area contributed by atoms with Crippen LogP contribution in [0.2, 0.25) is 0 Å². The minimum absolute atomic E-state index is 0.146. The lowest BCUT2D eigenvalue weighted by molar-refractivity contribution is 0.0693. The number of anilines is 1. The maximum absolute atomic E-state index is 13.4. The van der Waals surface area contributed by atoms with E-state index in [0.29, 0.717) is 5.92 Å². The van der Waals surface area contributed by atoms with E-state index in [0.717, 1.165) is 37.3 Å². The monoisotopic (exact) mass is 379 g/mol. The molecule has 0 saturated carbocycles. The minimum atomic E-state index is 0.146. The maximum atomic E-state index is 13.4. The van der Waals surface area contributed by atoms with Gasteiger partial charge in [0.25, 0.3) is 5.91 Å². The van der Waals surface area contributed by atoms with Gasteiger partial charge in [0.05, 0.1) is 0 Å². The lowest BCUT2D eigenvalue weighted by Crippen LogP contribution is -2.42. The van der Waals surface area contributed by atoms with E-state index >= 15 is 0 Å². The van der Waals surface area contributed by atoms with Crippen LogP contribution in [0.5, 0.6) is 0 Å². The lowest BCUT2D eigenvalue weighted by atomic mass is 9.97. The van der Waals surface area contributed by atoms with Crippen LogP contribution in [0.25, 0.3) is 0 Å². The highest BCUT2D eigenvalue weighted by Gasteiger charge is 2.24. The first kappa shape index (κ1) is 20.4. The van der Waals surface area contributed by atoms with Gasteiger partial charge in [-0.2, -0.15) is 0 Å². The van der Waals surface area contributed by atoms with Crippen molar-refractivity contribution < 1.29 is 4.79 Å². The van der Waals surface area contributed by atoms with Crippen molar-refractivity contribution >= 4 is 11.6 Å². The number of piperidine rings is 1. The van der Waals surface area contributed by atoms with Crippen molar-refractivity contribution in [2.24, 2.45) is 5.92 Å². The summed E-state index contributed by atoms with van der Waals surface area (Å²) >= 11 is 0. The van der Waals surface area contributed by atoms with Crippen LogP contribution in [0.15, 0.2) is 54.6 Å². The average Bonchev–Trinajstić information content (AvgIpc) is 2.71. The summed E-state index contributed by atoms with van der Waals surface area (Å²) in [6, 6.07) is 18.4. The zero-order valence-electron chi connectivity index (χ0n) is 17.5. The van der Waals surface area contributed by atoms with Crippen molar-refractivity contribution in [3.63, 3.8) is 0 Å². The Morgan fingerprint density at radius 1 is 1.11 bits per heavy atom. The Balaban J connectivity index is 1.75. The van der Waals surface area contributed by atoms with Gasteiger partial charge in [0.15, 0.2) is 0 Å². The Bertz CT molecular complexity index is 759. The van der Waals surface area contributed by atoms with Crippen molar-refractivity contribution in [1.29, 1.82) is 0 Å². The fourth-order valence-electron chi connectivity index (χ4n) is 4.02. The molecule has 0 spiro atoms. The third-order valence-corrected chi connectivity index (χ3v) is 5.61. The van der Waals surface area contributed by atoms with E-state index in [-0.39, 0.29) is 5.91 Å². The lowest BCUT2D eigenvalue weighted by Gasteiger charge is -2.34. The molecule has 0 aromatic heterocycles. The summed E-state index contributed by atoms with van der Waals surface area (Å²) in [5.41, 5.74) is 3.12. The molecule has 1 aliphatic rings. The van der Waals surface area contributed by atoms with Gasteiger partial charge in [0.2, 0.25) is 0 Å². The molecule has 1 aliphatic heterocycles. The number of rotatable bonds is 7. The van der Waals surface area contributed by atoms with E-state index in [1.165, 1.54) is 24.9 Å². The fraction of sp³-hybridized carbons (Fsp3) is 0.458.